The molecule has 0 aliphatic heterocycles. The molecule has 0 aliphatic rings. The quantitative estimate of drug-likeness (QED) is 0.816. The van der Waals surface area contributed by atoms with Crippen LogP contribution in [0, 0.1) is 5.41 Å². The maximum absolute atomic E-state index is 11.8. The van der Waals surface area contributed by atoms with Gasteiger partial charge in [-0.2, -0.15) is 0 Å². The van der Waals surface area contributed by atoms with Crippen molar-refractivity contribution in [3.8, 4) is 0 Å². The third-order valence-electron chi connectivity index (χ3n) is 2.28. The van der Waals surface area contributed by atoms with E-state index >= 15 is 0 Å². The van der Waals surface area contributed by atoms with Crippen molar-refractivity contribution < 1.29 is 4.79 Å². The molecule has 0 spiro atoms. The molecule has 0 atom stereocenters. The Labute approximate surface area is 104 Å². The lowest BCUT2D eigenvalue weighted by Gasteiger charge is -2.17. The van der Waals surface area contributed by atoms with Crippen molar-refractivity contribution in [2.45, 2.75) is 34.6 Å². The number of carbonyl (C=O) groups excluding carboxylic acids is 1. The summed E-state index contributed by atoms with van der Waals surface area (Å²) in [6.07, 6.45) is 2.09. The molecule has 2 nitrogen and oxygen atoms in total. The number of allylic oxidation sites excluding steroid dienone is 1. The fourth-order valence-electron chi connectivity index (χ4n) is 1.36. The average Bonchev–Trinajstić information content (AvgIpc) is 2.15. The standard InChI is InChI=1S/C15H21NO/c1-11(2)9-12-7-6-8-13(10-12)16-14(17)15(3,4)5/h6-10H,1-5H3,(H,16,17). The molecule has 1 amide bonds. The molecule has 0 heterocycles. The van der Waals surface area contributed by atoms with Crippen LogP contribution in [0.1, 0.15) is 40.2 Å². The molecule has 0 radical (unpaired) electrons. The molecular formula is C15H21NO. The molecule has 0 aliphatic carbocycles. The van der Waals surface area contributed by atoms with Crippen LogP contribution >= 0.6 is 0 Å². The Balaban J connectivity index is 2.87. The highest BCUT2D eigenvalue weighted by atomic mass is 16.2. The van der Waals surface area contributed by atoms with E-state index in [0.717, 1.165) is 11.3 Å². The van der Waals surface area contributed by atoms with E-state index in [9.17, 15) is 4.79 Å². The SMILES string of the molecule is CC(C)=Cc1cccc(NC(=O)C(C)(C)C)c1. The summed E-state index contributed by atoms with van der Waals surface area (Å²) < 4.78 is 0. The first-order valence-electron chi connectivity index (χ1n) is 5.85. The molecule has 17 heavy (non-hydrogen) atoms. The van der Waals surface area contributed by atoms with Crippen molar-refractivity contribution in [2.24, 2.45) is 5.41 Å². The van der Waals surface area contributed by atoms with Crippen LogP contribution in [0.2, 0.25) is 0 Å². The van der Waals surface area contributed by atoms with Crippen LogP contribution in [0.5, 0.6) is 0 Å². The Morgan fingerprint density at radius 3 is 2.41 bits per heavy atom. The molecule has 1 aromatic carbocycles. The van der Waals surface area contributed by atoms with Gasteiger partial charge in [0.15, 0.2) is 0 Å². The number of hydrogen-bond donors (Lipinski definition) is 1. The van der Waals surface area contributed by atoms with Gasteiger partial charge in [0.25, 0.3) is 0 Å². The van der Waals surface area contributed by atoms with Crippen LogP contribution in [0.25, 0.3) is 6.08 Å². The average molecular weight is 231 g/mol. The van der Waals surface area contributed by atoms with Crippen LogP contribution in [-0.2, 0) is 4.79 Å². The number of benzene rings is 1. The van der Waals surface area contributed by atoms with Gasteiger partial charge in [0.05, 0.1) is 0 Å². The molecule has 0 saturated heterocycles. The number of rotatable bonds is 2. The first-order chi connectivity index (χ1) is 7.79. The van der Waals surface area contributed by atoms with Crippen molar-refractivity contribution in [1.29, 1.82) is 0 Å². The first-order valence-corrected chi connectivity index (χ1v) is 5.85. The van der Waals surface area contributed by atoms with E-state index in [1.54, 1.807) is 0 Å². The molecule has 0 aromatic heterocycles. The molecule has 92 valence electrons. The molecule has 0 fully saturated rings. The van der Waals surface area contributed by atoms with Gasteiger partial charge in [-0.3, -0.25) is 4.79 Å². The maximum Gasteiger partial charge on any atom is 0.229 e. The fraction of sp³-hybridized carbons (Fsp3) is 0.400. The van der Waals surface area contributed by atoms with E-state index in [4.69, 9.17) is 0 Å². The van der Waals surface area contributed by atoms with Crippen LogP contribution in [0.15, 0.2) is 29.8 Å². The Kier molecular flexibility index (Phi) is 4.11. The van der Waals surface area contributed by atoms with Gasteiger partial charge in [0, 0.05) is 11.1 Å². The number of amides is 1. The topological polar surface area (TPSA) is 29.1 Å². The predicted octanol–water partition coefficient (Wildman–Crippen LogP) is 4.09. The normalized spacial score (nSPS) is 10.9. The summed E-state index contributed by atoms with van der Waals surface area (Å²) >= 11 is 0. The fourth-order valence-corrected chi connectivity index (χ4v) is 1.36. The Hall–Kier alpha value is -1.57. The van der Waals surface area contributed by atoms with Crippen molar-refractivity contribution in [3.63, 3.8) is 0 Å². The second-order valence-corrected chi connectivity index (χ2v) is 5.55. The third-order valence-corrected chi connectivity index (χ3v) is 2.28. The van der Waals surface area contributed by atoms with Gasteiger partial charge in [0.2, 0.25) is 5.91 Å². The zero-order chi connectivity index (χ0) is 13.1. The summed E-state index contributed by atoms with van der Waals surface area (Å²) in [6.45, 7) is 9.83. The minimum absolute atomic E-state index is 0.0341. The highest BCUT2D eigenvalue weighted by molar-refractivity contribution is 5.94. The van der Waals surface area contributed by atoms with Crippen LogP contribution in [0.3, 0.4) is 0 Å². The lowest BCUT2D eigenvalue weighted by Crippen LogP contribution is -2.27. The zero-order valence-corrected chi connectivity index (χ0v) is 11.3. The van der Waals surface area contributed by atoms with Crippen molar-refractivity contribution in [3.05, 3.63) is 35.4 Å². The van der Waals surface area contributed by atoms with Gasteiger partial charge in [0.1, 0.15) is 0 Å². The summed E-state index contributed by atoms with van der Waals surface area (Å²) in [4.78, 5) is 11.8. The lowest BCUT2D eigenvalue weighted by atomic mass is 9.95. The molecule has 1 N–H and O–H groups in total. The number of anilines is 1. The summed E-state index contributed by atoms with van der Waals surface area (Å²) in [5.74, 6) is 0.0341. The minimum atomic E-state index is -0.369. The predicted molar refractivity (Wildman–Crippen MR) is 73.9 cm³/mol. The van der Waals surface area contributed by atoms with Crippen molar-refractivity contribution in [1.82, 2.24) is 0 Å². The minimum Gasteiger partial charge on any atom is -0.326 e. The van der Waals surface area contributed by atoms with Gasteiger partial charge in [-0.15, -0.1) is 0 Å². The largest absolute Gasteiger partial charge is 0.326 e. The summed E-state index contributed by atoms with van der Waals surface area (Å²) in [5.41, 5.74) is 2.83. The monoisotopic (exact) mass is 231 g/mol. The second kappa shape index (κ2) is 5.17. The second-order valence-electron chi connectivity index (χ2n) is 5.55. The number of hydrogen-bond acceptors (Lipinski definition) is 1. The Morgan fingerprint density at radius 2 is 1.88 bits per heavy atom. The smallest absolute Gasteiger partial charge is 0.229 e. The van der Waals surface area contributed by atoms with Gasteiger partial charge in [-0.1, -0.05) is 44.6 Å². The van der Waals surface area contributed by atoms with E-state index < -0.39 is 0 Å². The molecule has 0 saturated carbocycles. The third kappa shape index (κ3) is 4.43. The summed E-state index contributed by atoms with van der Waals surface area (Å²) in [7, 11) is 0. The van der Waals surface area contributed by atoms with Gasteiger partial charge in [-0.05, 0) is 31.5 Å². The molecule has 0 unspecified atom stereocenters. The number of nitrogens with one attached hydrogen (secondary N) is 1. The van der Waals surface area contributed by atoms with Crippen LogP contribution in [0.4, 0.5) is 5.69 Å². The lowest BCUT2D eigenvalue weighted by molar-refractivity contribution is -0.123. The Bertz CT molecular complexity index is 434. The maximum atomic E-state index is 11.8. The van der Waals surface area contributed by atoms with Crippen molar-refractivity contribution >= 4 is 17.7 Å². The van der Waals surface area contributed by atoms with Gasteiger partial charge in [-0.25, -0.2) is 0 Å². The van der Waals surface area contributed by atoms with E-state index in [0.29, 0.717) is 0 Å². The first kappa shape index (κ1) is 13.5. The molecule has 1 rings (SSSR count). The Morgan fingerprint density at radius 1 is 1.24 bits per heavy atom. The zero-order valence-electron chi connectivity index (χ0n) is 11.3. The van der Waals surface area contributed by atoms with Crippen LogP contribution in [-0.4, -0.2) is 5.91 Å². The van der Waals surface area contributed by atoms with E-state index in [-0.39, 0.29) is 11.3 Å². The van der Waals surface area contributed by atoms with Crippen LogP contribution < -0.4 is 5.32 Å². The molecule has 2 heteroatoms. The van der Waals surface area contributed by atoms with E-state index in [1.807, 2.05) is 45.0 Å². The van der Waals surface area contributed by atoms with Gasteiger partial charge >= 0.3 is 0 Å². The highest BCUT2D eigenvalue weighted by Gasteiger charge is 2.20. The van der Waals surface area contributed by atoms with Crippen molar-refractivity contribution in [2.75, 3.05) is 5.32 Å². The summed E-state index contributed by atoms with van der Waals surface area (Å²) in [5, 5.41) is 2.93. The van der Waals surface area contributed by atoms with E-state index in [1.165, 1.54) is 5.57 Å². The number of carbonyl (C=O) groups is 1. The highest BCUT2D eigenvalue weighted by Crippen LogP contribution is 2.19. The summed E-state index contributed by atoms with van der Waals surface area (Å²) in [6, 6.07) is 7.87. The van der Waals surface area contributed by atoms with E-state index in [2.05, 4.69) is 25.2 Å². The molecular weight excluding hydrogens is 210 g/mol. The van der Waals surface area contributed by atoms with Gasteiger partial charge < -0.3 is 5.32 Å². The molecule has 1 aromatic rings. The molecule has 0 bridgehead atoms.